The molecule has 0 bridgehead atoms. The highest BCUT2D eigenvalue weighted by atomic mass is 32.1. The van der Waals surface area contributed by atoms with Gasteiger partial charge >= 0.3 is 0 Å². The molecule has 0 aliphatic carbocycles. The van der Waals surface area contributed by atoms with E-state index in [4.69, 9.17) is 0 Å². The summed E-state index contributed by atoms with van der Waals surface area (Å²) < 4.78 is 2.84. The zero-order valence-electron chi connectivity index (χ0n) is 10.9. The number of aryl methyl sites for hydroxylation is 1. The van der Waals surface area contributed by atoms with E-state index in [0.717, 1.165) is 0 Å². The third-order valence-electron chi connectivity index (χ3n) is 3.18. The number of thiophene rings is 2. The van der Waals surface area contributed by atoms with Crippen LogP contribution >= 0.6 is 22.7 Å². The molecule has 0 unspecified atom stereocenters. The first-order valence-electron chi connectivity index (χ1n) is 6.24. The van der Waals surface area contributed by atoms with Crippen LogP contribution in [-0.4, -0.2) is 0 Å². The van der Waals surface area contributed by atoms with Gasteiger partial charge in [0.15, 0.2) is 0 Å². The summed E-state index contributed by atoms with van der Waals surface area (Å²) in [6, 6.07) is 13.4. The van der Waals surface area contributed by atoms with Gasteiger partial charge in [-0.3, -0.25) is 0 Å². The van der Waals surface area contributed by atoms with Crippen LogP contribution in [0, 0.1) is 6.92 Å². The first-order chi connectivity index (χ1) is 8.65. The van der Waals surface area contributed by atoms with E-state index in [0.29, 0.717) is 5.92 Å². The zero-order chi connectivity index (χ0) is 12.7. The predicted octanol–water partition coefficient (Wildman–Crippen LogP) is 6.06. The second kappa shape index (κ2) is 4.52. The van der Waals surface area contributed by atoms with Crippen LogP contribution in [0.25, 0.3) is 19.8 Å². The van der Waals surface area contributed by atoms with Gasteiger partial charge in [-0.2, -0.15) is 0 Å². The Balaban J connectivity index is 2.16. The Labute approximate surface area is 116 Å². The van der Waals surface area contributed by atoms with Gasteiger partial charge in [-0.25, -0.2) is 0 Å². The van der Waals surface area contributed by atoms with Crippen molar-refractivity contribution < 1.29 is 0 Å². The van der Waals surface area contributed by atoms with E-state index in [1.165, 1.54) is 30.3 Å². The number of hydrogen-bond donors (Lipinski definition) is 0. The van der Waals surface area contributed by atoms with E-state index < -0.39 is 0 Å². The summed E-state index contributed by atoms with van der Waals surface area (Å²) in [4.78, 5) is 2.81. The van der Waals surface area contributed by atoms with Gasteiger partial charge in [-0.1, -0.05) is 38.1 Å². The molecule has 0 aliphatic rings. The molecule has 0 saturated heterocycles. The van der Waals surface area contributed by atoms with Crippen LogP contribution in [-0.2, 0) is 0 Å². The van der Waals surface area contributed by atoms with Crippen molar-refractivity contribution in [3.63, 3.8) is 0 Å². The summed E-state index contributed by atoms with van der Waals surface area (Å²) >= 11 is 3.81. The van der Waals surface area contributed by atoms with Crippen molar-refractivity contribution in [3.8, 4) is 10.4 Å². The Morgan fingerprint density at radius 3 is 2.39 bits per heavy atom. The van der Waals surface area contributed by atoms with E-state index >= 15 is 0 Å². The monoisotopic (exact) mass is 272 g/mol. The Morgan fingerprint density at radius 1 is 0.944 bits per heavy atom. The lowest BCUT2D eigenvalue weighted by Crippen LogP contribution is -1.89. The van der Waals surface area contributed by atoms with E-state index in [2.05, 4.69) is 57.2 Å². The van der Waals surface area contributed by atoms with E-state index in [9.17, 15) is 0 Å². The largest absolute Gasteiger partial charge is 0.140 e. The van der Waals surface area contributed by atoms with Crippen LogP contribution in [0.15, 0.2) is 36.4 Å². The molecule has 1 aromatic carbocycles. The molecule has 0 saturated carbocycles. The van der Waals surface area contributed by atoms with Crippen molar-refractivity contribution in [1.82, 2.24) is 0 Å². The molecule has 0 spiro atoms. The summed E-state index contributed by atoms with van der Waals surface area (Å²) in [6.07, 6.45) is 0. The fourth-order valence-corrected chi connectivity index (χ4v) is 4.68. The molecule has 2 heterocycles. The predicted molar refractivity (Wildman–Crippen MR) is 84.0 cm³/mol. The molecule has 0 aliphatic heterocycles. The molecular formula is C16H16S2. The van der Waals surface area contributed by atoms with Crippen molar-refractivity contribution >= 4 is 32.1 Å². The number of hydrogen-bond acceptors (Lipinski definition) is 2. The molecule has 0 radical (unpaired) electrons. The molecule has 2 aromatic heterocycles. The molecule has 0 fully saturated rings. The van der Waals surface area contributed by atoms with Crippen LogP contribution in [0.4, 0.5) is 0 Å². The first kappa shape index (κ1) is 11.9. The molecule has 3 rings (SSSR count). The summed E-state index contributed by atoms with van der Waals surface area (Å²) in [5, 5.41) is 0. The number of fused-ring (bicyclic) bond motifs is 1. The second-order valence-electron chi connectivity index (χ2n) is 4.94. The lowest BCUT2D eigenvalue weighted by atomic mass is 9.96. The first-order valence-corrected chi connectivity index (χ1v) is 7.87. The van der Waals surface area contributed by atoms with Gasteiger partial charge in [-0.15, -0.1) is 22.7 Å². The second-order valence-corrected chi connectivity index (χ2v) is 7.31. The standard InChI is InChI=1S/C16H16S2/c1-10(2)12-6-4-5-7-13(12)14-9-16-15(18-14)8-11(3)17-16/h4-10H,1-3H3. The van der Waals surface area contributed by atoms with Gasteiger partial charge in [0, 0.05) is 19.2 Å². The van der Waals surface area contributed by atoms with E-state index in [1.54, 1.807) is 0 Å². The van der Waals surface area contributed by atoms with Crippen molar-refractivity contribution in [3.05, 3.63) is 46.8 Å². The Kier molecular flexibility index (Phi) is 3.00. The minimum absolute atomic E-state index is 0.572. The summed E-state index contributed by atoms with van der Waals surface area (Å²) in [7, 11) is 0. The van der Waals surface area contributed by atoms with Gasteiger partial charge in [0.1, 0.15) is 0 Å². The summed E-state index contributed by atoms with van der Waals surface area (Å²) in [6.45, 7) is 6.71. The quantitative estimate of drug-likeness (QED) is 0.532. The van der Waals surface area contributed by atoms with E-state index in [1.807, 2.05) is 22.7 Å². The maximum absolute atomic E-state index is 2.35. The van der Waals surface area contributed by atoms with Gasteiger partial charge in [0.05, 0.1) is 0 Å². The molecule has 0 amide bonds. The Bertz CT molecular complexity index is 655. The van der Waals surface area contributed by atoms with Gasteiger partial charge in [-0.05, 0) is 36.1 Å². The van der Waals surface area contributed by atoms with Crippen LogP contribution in [0.5, 0.6) is 0 Å². The molecular weight excluding hydrogens is 256 g/mol. The highest BCUT2D eigenvalue weighted by Crippen LogP contribution is 2.40. The van der Waals surface area contributed by atoms with Crippen molar-refractivity contribution in [2.24, 2.45) is 0 Å². The molecule has 0 atom stereocenters. The Hall–Kier alpha value is -1.12. The average molecular weight is 272 g/mol. The fraction of sp³-hybridized carbons (Fsp3) is 0.250. The van der Waals surface area contributed by atoms with Crippen LogP contribution in [0.1, 0.15) is 30.2 Å². The maximum atomic E-state index is 2.35. The van der Waals surface area contributed by atoms with Crippen LogP contribution < -0.4 is 0 Å². The SMILES string of the molecule is Cc1cc2sc(-c3ccccc3C(C)C)cc2s1. The molecule has 92 valence electrons. The summed E-state index contributed by atoms with van der Waals surface area (Å²) in [5.74, 6) is 0.572. The zero-order valence-corrected chi connectivity index (χ0v) is 12.5. The summed E-state index contributed by atoms with van der Waals surface area (Å²) in [5.41, 5.74) is 2.85. The van der Waals surface area contributed by atoms with Crippen LogP contribution in [0.2, 0.25) is 0 Å². The third-order valence-corrected chi connectivity index (χ3v) is 5.42. The number of benzene rings is 1. The topological polar surface area (TPSA) is 0 Å². The van der Waals surface area contributed by atoms with Crippen molar-refractivity contribution in [2.45, 2.75) is 26.7 Å². The highest BCUT2D eigenvalue weighted by molar-refractivity contribution is 7.29. The smallest absolute Gasteiger partial charge is 0.0459 e. The molecule has 0 N–H and O–H groups in total. The third kappa shape index (κ3) is 2.00. The average Bonchev–Trinajstić information content (AvgIpc) is 2.85. The fourth-order valence-electron chi connectivity index (χ4n) is 2.31. The van der Waals surface area contributed by atoms with Crippen LogP contribution in [0.3, 0.4) is 0 Å². The minimum atomic E-state index is 0.572. The molecule has 2 heteroatoms. The lowest BCUT2D eigenvalue weighted by Gasteiger charge is -2.10. The van der Waals surface area contributed by atoms with E-state index in [-0.39, 0.29) is 0 Å². The van der Waals surface area contributed by atoms with Crippen molar-refractivity contribution in [1.29, 1.82) is 0 Å². The van der Waals surface area contributed by atoms with Gasteiger partial charge in [0.2, 0.25) is 0 Å². The highest BCUT2D eigenvalue weighted by Gasteiger charge is 2.11. The van der Waals surface area contributed by atoms with Gasteiger partial charge < -0.3 is 0 Å². The molecule has 3 aromatic rings. The normalized spacial score (nSPS) is 11.6. The minimum Gasteiger partial charge on any atom is -0.140 e. The Morgan fingerprint density at radius 2 is 1.67 bits per heavy atom. The van der Waals surface area contributed by atoms with Gasteiger partial charge in [0.25, 0.3) is 0 Å². The molecule has 18 heavy (non-hydrogen) atoms. The maximum Gasteiger partial charge on any atom is 0.0459 e. The van der Waals surface area contributed by atoms with Crippen molar-refractivity contribution in [2.75, 3.05) is 0 Å². The number of rotatable bonds is 2. The lowest BCUT2D eigenvalue weighted by molar-refractivity contribution is 0.869. The molecule has 0 nitrogen and oxygen atoms in total.